The van der Waals surface area contributed by atoms with Gasteiger partial charge in [-0.3, -0.25) is 4.18 Å². The summed E-state index contributed by atoms with van der Waals surface area (Å²) in [5.41, 5.74) is 4.24. The van der Waals surface area contributed by atoms with E-state index in [1.165, 1.54) is 24.1 Å². The van der Waals surface area contributed by atoms with Crippen LogP contribution in [0.1, 0.15) is 64.4 Å². The highest BCUT2D eigenvalue weighted by atomic mass is 32.2. The van der Waals surface area contributed by atoms with Gasteiger partial charge >= 0.3 is 0 Å². The standard InChI is InChI=1S/C29H36N2O3S/c1-20-4-7-23(8-5-20)35(32,33)34-22-12-14-28(2)21(18-22)6-9-24-25-10-11-27(31-17-16-30-19-31)29(25,3)15-13-26(24)28/h4-8,11,16-17,19,22,24-26H,9-10,12-15,18H2,1-3H3/t22-,24-,25-,26-,28-,29-/m0/s1. The van der Waals surface area contributed by atoms with E-state index in [0.717, 1.165) is 37.7 Å². The van der Waals surface area contributed by atoms with E-state index < -0.39 is 10.1 Å². The van der Waals surface area contributed by atoms with Crippen molar-refractivity contribution in [1.29, 1.82) is 0 Å². The van der Waals surface area contributed by atoms with Gasteiger partial charge < -0.3 is 4.57 Å². The van der Waals surface area contributed by atoms with Crippen molar-refractivity contribution in [3.63, 3.8) is 0 Å². The van der Waals surface area contributed by atoms with Gasteiger partial charge in [-0.1, -0.05) is 49.3 Å². The highest BCUT2D eigenvalue weighted by molar-refractivity contribution is 7.86. The van der Waals surface area contributed by atoms with Crippen molar-refractivity contribution in [2.45, 2.75) is 76.7 Å². The second-order valence-corrected chi connectivity index (χ2v) is 13.3. The van der Waals surface area contributed by atoms with Crippen LogP contribution in [0.25, 0.3) is 5.70 Å². The lowest BCUT2D eigenvalue weighted by atomic mass is 9.48. The van der Waals surface area contributed by atoms with Crippen LogP contribution >= 0.6 is 0 Å². The first-order valence-corrected chi connectivity index (χ1v) is 14.5. The number of rotatable bonds is 4. The Morgan fingerprint density at radius 1 is 1.00 bits per heavy atom. The van der Waals surface area contributed by atoms with Gasteiger partial charge in [-0.25, -0.2) is 4.98 Å². The highest BCUT2D eigenvalue weighted by Crippen LogP contribution is 2.65. The minimum atomic E-state index is -3.75. The maximum atomic E-state index is 12.9. The van der Waals surface area contributed by atoms with Crippen molar-refractivity contribution in [2.75, 3.05) is 0 Å². The monoisotopic (exact) mass is 492 g/mol. The molecule has 2 saturated carbocycles. The molecule has 0 spiro atoms. The first kappa shape index (κ1) is 23.2. The van der Waals surface area contributed by atoms with Gasteiger partial charge in [0.1, 0.15) is 0 Å². The molecule has 4 aliphatic carbocycles. The van der Waals surface area contributed by atoms with Crippen molar-refractivity contribution in [1.82, 2.24) is 9.55 Å². The summed E-state index contributed by atoms with van der Waals surface area (Å²) in [5, 5.41) is 0. The fourth-order valence-electron chi connectivity index (χ4n) is 8.00. The Morgan fingerprint density at radius 2 is 1.77 bits per heavy atom. The van der Waals surface area contributed by atoms with Crippen LogP contribution < -0.4 is 0 Å². The van der Waals surface area contributed by atoms with Gasteiger partial charge in [0.25, 0.3) is 10.1 Å². The molecule has 2 fully saturated rings. The molecule has 0 radical (unpaired) electrons. The van der Waals surface area contributed by atoms with E-state index in [4.69, 9.17) is 4.18 Å². The van der Waals surface area contributed by atoms with Crippen LogP contribution in [-0.4, -0.2) is 24.1 Å². The van der Waals surface area contributed by atoms with Gasteiger partial charge in [-0.2, -0.15) is 8.42 Å². The summed E-state index contributed by atoms with van der Waals surface area (Å²) in [6.07, 6.45) is 17.7. The lowest BCUT2D eigenvalue weighted by Gasteiger charge is -2.57. The van der Waals surface area contributed by atoms with Crippen LogP contribution in [0.15, 0.2) is 65.6 Å². The molecule has 1 heterocycles. The first-order valence-electron chi connectivity index (χ1n) is 13.1. The molecule has 0 unspecified atom stereocenters. The van der Waals surface area contributed by atoms with Crippen molar-refractivity contribution in [3.05, 3.63) is 66.3 Å². The zero-order valence-corrected chi connectivity index (χ0v) is 21.8. The molecule has 0 saturated heterocycles. The zero-order chi connectivity index (χ0) is 24.4. The molecule has 2 aromatic rings. The second-order valence-electron chi connectivity index (χ2n) is 11.7. The molecular formula is C29H36N2O3S. The Labute approximate surface area is 209 Å². The number of allylic oxidation sites excluding steroid dienone is 3. The summed E-state index contributed by atoms with van der Waals surface area (Å²) < 4.78 is 33.8. The number of hydrogen-bond acceptors (Lipinski definition) is 4. The van der Waals surface area contributed by atoms with Crippen LogP contribution in [-0.2, 0) is 14.3 Å². The molecule has 0 N–H and O–H groups in total. The van der Waals surface area contributed by atoms with Crippen molar-refractivity contribution >= 4 is 15.8 Å². The van der Waals surface area contributed by atoms with Crippen molar-refractivity contribution in [2.24, 2.45) is 28.6 Å². The number of nitrogens with zero attached hydrogens (tertiary/aromatic N) is 2. The molecule has 1 aromatic heterocycles. The van der Waals surface area contributed by atoms with Crippen LogP contribution in [0, 0.1) is 35.5 Å². The smallest absolute Gasteiger partial charge is 0.297 e. The molecule has 6 atom stereocenters. The molecule has 35 heavy (non-hydrogen) atoms. The third-order valence-electron chi connectivity index (χ3n) is 9.95. The number of aromatic nitrogens is 2. The number of benzene rings is 1. The van der Waals surface area contributed by atoms with E-state index in [1.54, 1.807) is 12.1 Å². The maximum absolute atomic E-state index is 12.9. The Hall–Kier alpha value is -2.18. The van der Waals surface area contributed by atoms with E-state index in [1.807, 2.05) is 31.6 Å². The lowest BCUT2D eigenvalue weighted by molar-refractivity contribution is -0.0218. The van der Waals surface area contributed by atoms with Gasteiger partial charge in [-0.05, 0) is 87.2 Å². The quantitative estimate of drug-likeness (QED) is 0.367. The molecule has 0 bridgehead atoms. The van der Waals surface area contributed by atoms with Gasteiger partial charge in [-0.15, -0.1) is 0 Å². The van der Waals surface area contributed by atoms with E-state index in [0.29, 0.717) is 17.8 Å². The first-order chi connectivity index (χ1) is 16.7. The molecule has 1 aromatic carbocycles. The summed E-state index contributed by atoms with van der Waals surface area (Å²) in [5.74, 6) is 1.99. The molecule has 6 heteroatoms. The van der Waals surface area contributed by atoms with Gasteiger partial charge in [0.2, 0.25) is 0 Å². The van der Waals surface area contributed by atoms with Gasteiger partial charge in [0.15, 0.2) is 0 Å². The van der Waals surface area contributed by atoms with E-state index in [-0.39, 0.29) is 21.8 Å². The maximum Gasteiger partial charge on any atom is 0.297 e. The van der Waals surface area contributed by atoms with Crippen LogP contribution in [0.4, 0.5) is 0 Å². The number of aryl methyl sites for hydroxylation is 1. The fourth-order valence-corrected chi connectivity index (χ4v) is 9.10. The summed E-state index contributed by atoms with van der Waals surface area (Å²) in [4.78, 5) is 4.55. The molecule has 6 rings (SSSR count). The summed E-state index contributed by atoms with van der Waals surface area (Å²) in [6, 6.07) is 6.94. The third kappa shape index (κ3) is 3.67. The average molecular weight is 493 g/mol. The summed E-state index contributed by atoms with van der Waals surface area (Å²) >= 11 is 0. The van der Waals surface area contributed by atoms with Gasteiger partial charge in [0, 0.05) is 23.5 Å². The number of fused-ring (bicyclic) bond motifs is 5. The molecule has 0 amide bonds. The SMILES string of the molecule is Cc1ccc(S(=O)(=O)O[C@H]2CC[C@@]3(C)C(=CC[C@@H]4[C@@H]3CC[C@]3(C)C(n5ccnc5)=CC[C@@H]43)C2)cc1. The van der Waals surface area contributed by atoms with Crippen molar-refractivity contribution in [3.8, 4) is 0 Å². The predicted octanol–water partition coefficient (Wildman–Crippen LogP) is 6.38. The van der Waals surface area contributed by atoms with Crippen LogP contribution in [0.3, 0.4) is 0 Å². The van der Waals surface area contributed by atoms with Crippen LogP contribution in [0.5, 0.6) is 0 Å². The molecule has 4 aliphatic rings. The van der Waals surface area contributed by atoms with Crippen LogP contribution in [0.2, 0.25) is 0 Å². The Morgan fingerprint density at radius 3 is 2.51 bits per heavy atom. The fraction of sp³-hybridized carbons (Fsp3) is 0.552. The average Bonchev–Trinajstić information content (AvgIpc) is 3.46. The molecule has 5 nitrogen and oxygen atoms in total. The predicted molar refractivity (Wildman–Crippen MR) is 137 cm³/mol. The lowest BCUT2D eigenvalue weighted by Crippen LogP contribution is -2.50. The van der Waals surface area contributed by atoms with Gasteiger partial charge in [0.05, 0.1) is 17.3 Å². The Balaban J connectivity index is 1.20. The minimum Gasteiger partial charge on any atom is -0.310 e. The minimum absolute atomic E-state index is 0.148. The number of imidazole rings is 1. The Bertz CT molecular complexity index is 1280. The zero-order valence-electron chi connectivity index (χ0n) is 21.0. The molecular weight excluding hydrogens is 456 g/mol. The topological polar surface area (TPSA) is 61.2 Å². The summed E-state index contributed by atoms with van der Waals surface area (Å²) in [6.45, 7) is 6.87. The van der Waals surface area contributed by atoms with E-state index >= 15 is 0 Å². The Kier molecular flexibility index (Phi) is 5.42. The normalized spacial score (nSPS) is 36.5. The largest absolute Gasteiger partial charge is 0.310 e. The van der Waals surface area contributed by atoms with E-state index in [2.05, 4.69) is 41.7 Å². The summed E-state index contributed by atoms with van der Waals surface area (Å²) in [7, 11) is -3.75. The highest BCUT2D eigenvalue weighted by Gasteiger charge is 2.57. The second kappa shape index (κ2) is 8.17. The third-order valence-corrected chi connectivity index (χ3v) is 11.3. The van der Waals surface area contributed by atoms with Crippen molar-refractivity contribution < 1.29 is 12.6 Å². The van der Waals surface area contributed by atoms with E-state index in [9.17, 15) is 8.42 Å². The molecule has 0 aliphatic heterocycles. The molecule has 186 valence electrons. The number of hydrogen-bond donors (Lipinski definition) is 0.